The van der Waals surface area contributed by atoms with Crippen molar-refractivity contribution in [1.29, 1.82) is 0 Å². The van der Waals surface area contributed by atoms with E-state index >= 15 is 0 Å². The van der Waals surface area contributed by atoms with Gasteiger partial charge in [0, 0.05) is 30.8 Å². The van der Waals surface area contributed by atoms with Gasteiger partial charge in [0.15, 0.2) is 0 Å². The zero-order chi connectivity index (χ0) is 31.1. The molecular weight excluding hydrogens is 598 g/mol. The minimum absolute atomic E-state index is 0.0173. The van der Waals surface area contributed by atoms with Crippen LogP contribution >= 0.6 is 11.6 Å². The van der Waals surface area contributed by atoms with Gasteiger partial charge in [0.25, 0.3) is 5.91 Å². The Kier molecular flexibility index (Phi) is 10.7. The second-order valence-corrected chi connectivity index (χ2v) is 14.1. The molecule has 2 bridgehead atoms. The second kappa shape index (κ2) is 14.6. The first-order valence-corrected chi connectivity index (χ1v) is 17.4. The van der Waals surface area contributed by atoms with E-state index in [1.807, 2.05) is 12.1 Å². The van der Waals surface area contributed by atoms with Gasteiger partial charge < -0.3 is 14.4 Å². The molecule has 0 aromatic heterocycles. The minimum atomic E-state index is -3.42. The van der Waals surface area contributed by atoms with Gasteiger partial charge in [0.05, 0.1) is 24.2 Å². The summed E-state index contributed by atoms with van der Waals surface area (Å²) in [5, 5.41) is 0.715. The Bertz CT molecular complexity index is 1600. The monoisotopic (exact) mass is 637 g/mol. The average molecular weight is 638 g/mol. The predicted octanol–water partition coefficient (Wildman–Crippen LogP) is 6.12. The van der Waals surface area contributed by atoms with Crippen LogP contribution in [0.3, 0.4) is 0 Å². The summed E-state index contributed by atoms with van der Waals surface area (Å²) in [5.74, 6) is 4.88. The van der Waals surface area contributed by atoms with Crippen molar-refractivity contribution < 1.29 is 23.3 Å². The quantitative estimate of drug-likeness (QED) is 0.315. The van der Waals surface area contributed by atoms with Crippen LogP contribution in [-0.2, 0) is 32.4 Å². The molecule has 0 spiro atoms. The summed E-state index contributed by atoms with van der Waals surface area (Å²) in [6.45, 7) is 3.41. The molecule has 1 fully saturated rings. The van der Waals surface area contributed by atoms with Gasteiger partial charge in [-0.25, -0.2) is 4.21 Å². The first-order valence-electron chi connectivity index (χ1n) is 15.3. The number of benzene rings is 2. The number of aryl methyl sites for hydroxylation is 1. The van der Waals surface area contributed by atoms with E-state index in [1.165, 1.54) is 18.1 Å². The van der Waals surface area contributed by atoms with E-state index in [4.69, 9.17) is 21.1 Å². The van der Waals surface area contributed by atoms with Crippen LogP contribution in [0.4, 0.5) is 5.69 Å². The summed E-state index contributed by atoms with van der Waals surface area (Å²) in [5.41, 5.74) is 3.45. The highest BCUT2D eigenvalue weighted by atomic mass is 35.5. The summed E-state index contributed by atoms with van der Waals surface area (Å²) in [6, 6.07) is 11.3. The van der Waals surface area contributed by atoms with Gasteiger partial charge in [0.1, 0.15) is 15.7 Å². The van der Waals surface area contributed by atoms with E-state index in [2.05, 4.69) is 44.0 Å². The van der Waals surface area contributed by atoms with E-state index in [0.29, 0.717) is 48.6 Å². The summed E-state index contributed by atoms with van der Waals surface area (Å²) in [4.78, 5) is 28.2. The highest BCUT2D eigenvalue weighted by molar-refractivity contribution is 7.92. The molecule has 8 nitrogen and oxygen atoms in total. The molecule has 0 unspecified atom stereocenters. The maximum Gasteiger partial charge on any atom is 0.308 e. The Labute approximate surface area is 265 Å². The molecule has 0 saturated heterocycles. The largest absolute Gasteiger partial charge is 0.491 e. The Balaban J connectivity index is 1.62. The molecule has 10 heteroatoms. The fourth-order valence-corrected chi connectivity index (χ4v) is 7.91. The molecule has 44 heavy (non-hydrogen) atoms. The second-order valence-electron chi connectivity index (χ2n) is 11.6. The van der Waals surface area contributed by atoms with Gasteiger partial charge in [-0.05, 0) is 111 Å². The van der Waals surface area contributed by atoms with E-state index in [9.17, 15) is 13.8 Å². The number of nitrogens with zero attached hydrogens (tertiary/aromatic N) is 2. The molecule has 5 rings (SSSR count). The van der Waals surface area contributed by atoms with Gasteiger partial charge in [-0.15, -0.1) is 4.36 Å². The molecule has 1 saturated carbocycles. The first kappa shape index (κ1) is 32.1. The highest BCUT2D eigenvalue weighted by Gasteiger charge is 2.38. The van der Waals surface area contributed by atoms with Crippen LogP contribution in [0.25, 0.3) is 0 Å². The molecule has 2 amide bonds. The van der Waals surface area contributed by atoms with Crippen LogP contribution in [0.1, 0.15) is 66.9 Å². The number of halogens is 1. The van der Waals surface area contributed by atoms with Crippen LogP contribution in [0.5, 0.6) is 5.75 Å². The van der Waals surface area contributed by atoms with Gasteiger partial charge in [-0.3, -0.25) is 14.3 Å². The van der Waals surface area contributed by atoms with Crippen molar-refractivity contribution in [3.05, 3.63) is 70.3 Å². The average Bonchev–Trinajstić information content (AvgIpc) is 3.00. The number of carbonyl (C=O) groups is 2. The smallest absolute Gasteiger partial charge is 0.308 e. The molecule has 2 aromatic carbocycles. The Morgan fingerprint density at radius 3 is 2.80 bits per heavy atom. The Morgan fingerprint density at radius 1 is 1.16 bits per heavy atom. The van der Waals surface area contributed by atoms with Crippen molar-refractivity contribution in [2.75, 3.05) is 30.9 Å². The fourth-order valence-electron chi connectivity index (χ4n) is 6.20. The van der Waals surface area contributed by atoms with Gasteiger partial charge in [-0.1, -0.05) is 35.7 Å². The molecule has 2 aliphatic heterocycles. The molecule has 2 heterocycles. The zero-order valence-corrected chi connectivity index (χ0v) is 26.9. The molecule has 4 atom stereocenters. The number of hydrogen-bond donors (Lipinski definition) is 1. The predicted molar refractivity (Wildman–Crippen MR) is 174 cm³/mol. The van der Waals surface area contributed by atoms with Crippen molar-refractivity contribution in [3.63, 3.8) is 0 Å². The number of amides is 2. The fraction of sp³-hybridized carbons (Fsp3) is 0.471. The number of anilines is 1. The molecule has 0 radical (unpaired) electrons. The number of allylic oxidation sites excluding steroid dienone is 1. The molecule has 3 aliphatic rings. The third kappa shape index (κ3) is 7.84. The van der Waals surface area contributed by atoms with Crippen LogP contribution in [-0.4, -0.2) is 48.1 Å². The number of methoxy groups -OCH3 is 1. The number of rotatable bonds is 2. The van der Waals surface area contributed by atoms with Gasteiger partial charge in [0.2, 0.25) is 0 Å². The standard InChI is InChI=1S/C34H40ClN3O5S/c1-3-9-33(39)36-44(41)19-8-4-5-11-31(42-2)29-16-13-27(29)23-38-22-26-12-15-28(35)20-24(26)10-6-7-18-43-32-17-14-25(21-30(32)38)34(40)37-44/h5,11-12,14-15,17,20-21,27,29,31H,4,6-8,10,13,16,18-19,22-23H2,1-2H3,(H,36,37,39,40,41)/b11-5+/t27-,29+,31-,44+/m0/s1. The SMILES string of the molecule is CC#CC(=O)N[S@@]1(=O)=NC(=O)c2ccc3c(c2)N(Cc2ccc(Cl)cc2CCCCO3)C[C@@H]2CC[C@H]2[C@@H](OC)/C=C/CCC1. The van der Waals surface area contributed by atoms with E-state index in [1.54, 1.807) is 25.3 Å². The molecule has 234 valence electrons. The molecule has 1 N–H and O–H groups in total. The lowest BCUT2D eigenvalue weighted by Gasteiger charge is -2.43. The van der Waals surface area contributed by atoms with E-state index in [0.717, 1.165) is 44.3 Å². The van der Waals surface area contributed by atoms with Crippen LogP contribution < -0.4 is 14.4 Å². The third-order valence-electron chi connectivity index (χ3n) is 8.64. The highest BCUT2D eigenvalue weighted by Crippen LogP contribution is 2.42. The maximum atomic E-state index is 13.8. The summed E-state index contributed by atoms with van der Waals surface area (Å²) < 4.78 is 32.6. The van der Waals surface area contributed by atoms with Crippen LogP contribution in [0, 0.1) is 23.7 Å². The maximum absolute atomic E-state index is 13.8. The van der Waals surface area contributed by atoms with Gasteiger partial charge >= 0.3 is 5.91 Å². The summed E-state index contributed by atoms with van der Waals surface area (Å²) in [7, 11) is -1.68. The molecular formula is C34H40ClN3O5S. The van der Waals surface area contributed by atoms with E-state index < -0.39 is 21.7 Å². The third-order valence-corrected chi connectivity index (χ3v) is 10.7. The zero-order valence-electron chi connectivity index (χ0n) is 25.4. The lowest BCUT2D eigenvalue weighted by atomic mass is 9.70. The first-order chi connectivity index (χ1) is 21.3. The number of carbonyl (C=O) groups excluding carboxylic acids is 2. The van der Waals surface area contributed by atoms with Crippen molar-refractivity contribution in [2.45, 2.75) is 64.5 Å². The van der Waals surface area contributed by atoms with Crippen molar-refractivity contribution in [3.8, 4) is 17.6 Å². The van der Waals surface area contributed by atoms with Crippen LogP contribution in [0.2, 0.25) is 5.02 Å². The van der Waals surface area contributed by atoms with Crippen molar-refractivity contribution in [1.82, 2.24) is 4.72 Å². The summed E-state index contributed by atoms with van der Waals surface area (Å²) >= 11 is 6.42. The number of ether oxygens (including phenoxy) is 2. The van der Waals surface area contributed by atoms with Crippen LogP contribution in [0.15, 0.2) is 52.9 Å². The van der Waals surface area contributed by atoms with E-state index in [-0.39, 0.29) is 17.4 Å². The number of hydrogen-bond acceptors (Lipinski definition) is 6. The normalized spacial score (nSPS) is 26.5. The number of nitrogens with one attached hydrogen (secondary N) is 1. The molecule has 1 aliphatic carbocycles. The minimum Gasteiger partial charge on any atom is -0.491 e. The Morgan fingerprint density at radius 2 is 2.02 bits per heavy atom. The lowest BCUT2D eigenvalue weighted by Crippen LogP contribution is -2.43. The summed E-state index contributed by atoms with van der Waals surface area (Å²) in [6.07, 6.45) is 10.0. The lowest BCUT2D eigenvalue weighted by molar-refractivity contribution is -0.114. The van der Waals surface area contributed by atoms with Gasteiger partial charge in [-0.2, -0.15) is 0 Å². The Hall–Kier alpha value is -3.32. The number of fused-ring (bicyclic) bond motifs is 3. The topological polar surface area (TPSA) is 97.3 Å². The molecule has 2 aromatic rings. The van der Waals surface area contributed by atoms with Crippen molar-refractivity contribution >= 4 is 39.0 Å². The van der Waals surface area contributed by atoms with Crippen molar-refractivity contribution in [2.24, 2.45) is 16.2 Å².